The highest BCUT2D eigenvalue weighted by Crippen LogP contribution is 2.31. The number of carbonyl (C=O) groups is 1. The smallest absolute Gasteiger partial charge is 0.226 e. The highest BCUT2D eigenvalue weighted by molar-refractivity contribution is 9.10. The molecule has 0 radical (unpaired) electrons. The summed E-state index contributed by atoms with van der Waals surface area (Å²) in [5.74, 6) is 1.30. The number of hydrogen-bond acceptors (Lipinski definition) is 4. The molecule has 2 aromatic heterocycles. The van der Waals surface area contributed by atoms with Gasteiger partial charge in [0.25, 0.3) is 0 Å². The molecule has 0 unspecified atom stereocenters. The van der Waals surface area contributed by atoms with Crippen LogP contribution < -0.4 is 10.6 Å². The number of pyridine rings is 1. The molecule has 0 saturated carbocycles. The zero-order valence-corrected chi connectivity index (χ0v) is 15.7. The molecule has 0 aliphatic heterocycles. The lowest BCUT2D eigenvalue weighted by molar-refractivity contribution is -0.116. The Morgan fingerprint density at radius 1 is 1.28 bits per heavy atom. The lowest BCUT2D eigenvalue weighted by Crippen LogP contribution is -2.15. The highest BCUT2D eigenvalue weighted by atomic mass is 79.9. The van der Waals surface area contributed by atoms with Gasteiger partial charge in [-0.15, -0.1) is 0 Å². The second-order valence-corrected chi connectivity index (χ2v) is 6.67. The number of fused-ring (bicyclic) bond motifs is 1. The fraction of sp³-hybridized carbons (Fsp3) is 0.278. The van der Waals surface area contributed by atoms with Crippen molar-refractivity contribution in [3.63, 3.8) is 0 Å². The summed E-state index contributed by atoms with van der Waals surface area (Å²) in [4.78, 5) is 16.7. The van der Waals surface area contributed by atoms with Crippen LogP contribution in [0.5, 0.6) is 0 Å². The van der Waals surface area contributed by atoms with Gasteiger partial charge in [-0.05, 0) is 34.3 Å². The third-order valence-corrected chi connectivity index (χ3v) is 4.79. The molecule has 0 aliphatic carbocycles. The van der Waals surface area contributed by atoms with E-state index >= 15 is 0 Å². The first-order valence-corrected chi connectivity index (χ1v) is 9.00. The van der Waals surface area contributed by atoms with Gasteiger partial charge in [0, 0.05) is 19.2 Å². The molecule has 1 amide bonds. The minimum atomic E-state index is -0.0738. The minimum absolute atomic E-state index is 0.0738. The second-order valence-electron chi connectivity index (χ2n) is 5.88. The third kappa shape index (κ3) is 3.82. The first-order chi connectivity index (χ1) is 12.1. The first-order valence-electron chi connectivity index (χ1n) is 8.21. The van der Waals surface area contributed by atoms with Crippen molar-refractivity contribution in [2.45, 2.75) is 26.2 Å². The summed E-state index contributed by atoms with van der Waals surface area (Å²) in [5, 5.41) is 14.1. The van der Waals surface area contributed by atoms with E-state index in [1.165, 1.54) is 0 Å². The van der Waals surface area contributed by atoms with E-state index in [1.54, 1.807) is 6.20 Å². The number of amides is 1. The van der Waals surface area contributed by atoms with E-state index in [-0.39, 0.29) is 11.8 Å². The minimum Gasteiger partial charge on any atom is -0.368 e. The number of aromatic amines is 1. The lowest BCUT2D eigenvalue weighted by atomic mass is 9.98. The summed E-state index contributed by atoms with van der Waals surface area (Å²) in [5.41, 5.74) is 1.95. The van der Waals surface area contributed by atoms with Gasteiger partial charge in [0.05, 0.1) is 15.4 Å². The molecule has 25 heavy (non-hydrogen) atoms. The van der Waals surface area contributed by atoms with Crippen LogP contribution in [-0.4, -0.2) is 27.6 Å². The average Bonchev–Trinajstić information content (AvgIpc) is 3.02. The van der Waals surface area contributed by atoms with E-state index in [4.69, 9.17) is 0 Å². The molecule has 130 valence electrons. The number of aromatic nitrogens is 3. The molecular weight excluding hydrogens is 382 g/mol. The summed E-state index contributed by atoms with van der Waals surface area (Å²) in [6.45, 7) is 4.82. The van der Waals surface area contributed by atoms with E-state index < -0.39 is 0 Å². The molecule has 0 fully saturated rings. The van der Waals surface area contributed by atoms with Crippen LogP contribution in [0.2, 0.25) is 0 Å². The Hall–Kier alpha value is -2.41. The van der Waals surface area contributed by atoms with Gasteiger partial charge in [-0.2, -0.15) is 5.10 Å². The van der Waals surface area contributed by atoms with Crippen LogP contribution in [0.4, 0.5) is 11.6 Å². The summed E-state index contributed by atoms with van der Waals surface area (Å²) in [6, 6.07) is 10.0. The molecule has 0 spiro atoms. The van der Waals surface area contributed by atoms with Crippen molar-refractivity contribution < 1.29 is 4.79 Å². The quantitative estimate of drug-likeness (QED) is 0.575. The molecule has 0 saturated heterocycles. The average molecular weight is 402 g/mol. The molecule has 0 aliphatic rings. The highest BCUT2D eigenvalue weighted by Gasteiger charge is 2.16. The van der Waals surface area contributed by atoms with E-state index in [2.05, 4.69) is 41.7 Å². The van der Waals surface area contributed by atoms with E-state index in [0.29, 0.717) is 16.7 Å². The maximum Gasteiger partial charge on any atom is 0.226 e. The Kier molecular flexibility index (Phi) is 5.33. The van der Waals surface area contributed by atoms with Gasteiger partial charge in [0.2, 0.25) is 5.91 Å². The third-order valence-electron chi connectivity index (χ3n) is 4.02. The zero-order valence-electron chi connectivity index (χ0n) is 14.1. The second kappa shape index (κ2) is 7.65. The van der Waals surface area contributed by atoms with Gasteiger partial charge < -0.3 is 10.6 Å². The summed E-state index contributed by atoms with van der Waals surface area (Å²) < 4.78 is 0.697. The van der Waals surface area contributed by atoms with E-state index in [9.17, 15) is 4.79 Å². The lowest BCUT2D eigenvalue weighted by Gasteiger charge is -2.12. The largest absolute Gasteiger partial charge is 0.368 e. The SMILES string of the molecule is CCNc1n[nH]c2c(Br)c(NC(=O)C[C@H](C)c3ccccc3)ncc12. The number of H-pyrrole nitrogens is 1. The number of nitrogens with zero attached hydrogens (tertiary/aromatic N) is 2. The van der Waals surface area contributed by atoms with Crippen LogP contribution in [0.15, 0.2) is 41.0 Å². The number of hydrogen-bond donors (Lipinski definition) is 3. The van der Waals surface area contributed by atoms with Gasteiger partial charge in [-0.3, -0.25) is 9.89 Å². The topological polar surface area (TPSA) is 82.7 Å². The van der Waals surface area contributed by atoms with Crippen molar-refractivity contribution in [1.29, 1.82) is 0 Å². The Bertz CT molecular complexity index is 878. The van der Waals surface area contributed by atoms with Gasteiger partial charge in [0.1, 0.15) is 5.82 Å². The van der Waals surface area contributed by atoms with Crippen molar-refractivity contribution in [1.82, 2.24) is 15.2 Å². The summed E-state index contributed by atoms with van der Waals surface area (Å²) in [7, 11) is 0. The van der Waals surface area contributed by atoms with Crippen molar-refractivity contribution >= 4 is 44.4 Å². The molecular formula is C18H20BrN5O. The molecule has 2 heterocycles. The van der Waals surface area contributed by atoms with Crippen molar-refractivity contribution in [3.05, 3.63) is 46.6 Å². The van der Waals surface area contributed by atoms with Gasteiger partial charge >= 0.3 is 0 Å². The van der Waals surface area contributed by atoms with E-state index in [0.717, 1.165) is 28.8 Å². The predicted octanol–water partition coefficient (Wildman–Crippen LogP) is 4.28. The normalized spacial score (nSPS) is 12.1. The van der Waals surface area contributed by atoms with Crippen molar-refractivity contribution in [3.8, 4) is 0 Å². The van der Waals surface area contributed by atoms with Crippen LogP contribution in [0.3, 0.4) is 0 Å². The number of rotatable bonds is 6. The Morgan fingerprint density at radius 3 is 2.76 bits per heavy atom. The zero-order chi connectivity index (χ0) is 17.8. The molecule has 0 bridgehead atoms. The standard InChI is InChI=1S/C18H20BrN5O/c1-3-20-17-13-10-21-18(15(19)16(13)23-24-17)22-14(25)9-11(2)12-7-5-4-6-8-12/h4-8,10-11H,3,9H2,1-2H3,(H2,20,23,24)(H,21,22,25)/t11-/m0/s1. The van der Waals surface area contributed by atoms with E-state index in [1.807, 2.05) is 44.2 Å². The number of benzene rings is 1. The van der Waals surface area contributed by atoms with Crippen LogP contribution in [0, 0.1) is 0 Å². The maximum absolute atomic E-state index is 12.4. The van der Waals surface area contributed by atoms with Crippen LogP contribution in [-0.2, 0) is 4.79 Å². The predicted molar refractivity (Wildman–Crippen MR) is 104 cm³/mol. The Morgan fingerprint density at radius 2 is 2.04 bits per heavy atom. The Labute approximate surface area is 154 Å². The molecule has 3 rings (SSSR count). The Balaban J connectivity index is 1.74. The molecule has 3 N–H and O–H groups in total. The van der Waals surface area contributed by atoms with Crippen molar-refractivity contribution in [2.24, 2.45) is 0 Å². The number of halogens is 1. The number of nitrogens with one attached hydrogen (secondary N) is 3. The molecule has 1 aromatic carbocycles. The van der Waals surface area contributed by atoms with Crippen LogP contribution in [0.25, 0.3) is 10.9 Å². The van der Waals surface area contributed by atoms with Crippen LogP contribution >= 0.6 is 15.9 Å². The van der Waals surface area contributed by atoms with Gasteiger partial charge in [-0.1, -0.05) is 37.3 Å². The maximum atomic E-state index is 12.4. The fourth-order valence-electron chi connectivity index (χ4n) is 2.70. The molecule has 6 nitrogen and oxygen atoms in total. The number of anilines is 2. The molecule has 7 heteroatoms. The molecule has 1 atom stereocenters. The van der Waals surface area contributed by atoms with Gasteiger partial charge in [-0.25, -0.2) is 4.98 Å². The molecule has 3 aromatic rings. The summed E-state index contributed by atoms with van der Waals surface area (Å²) >= 11 is 3.51. The monoisotopic (exact) mass is 401 g/mol. The summed E-state index contributed by atoms with van der Waals surface area (Å²) in [6.07, 6.45) is 2.10. The first kappa shape index (κ1) is 17.4. The van der Waals surface area contributed by atoms with Gasteiger partial charge in [0.15, 0.2) is 5.82 Å². The number of carbonyl (C=O) groups excluding carboxylic acids is 1. The fourth-order valence-corrected chi connectivity index (χ4v) is 3.20. The van der Waals surface area contributed by atoms with Crippen molar-refractivity contribution in [2.75, 3.05) is 17.2 Å². The van der Waals surface area contributed by atoms with Crippen LogP contribution in [0.1, 0.15) is 31.7 Å².